The molecule has 0 radical (unpaired) electrons. The van der Waals surface area contributed by atoms with Crippen LogP contribution in [0.4, 0.5) is 0 Å². The summed E-state index contributed by atoms with van der Waals surface area (Å²) in [6.07, 6.45) is 17.2. The number of nitrogens with one attached hydrogen (secondary N) is 1. The standard InChI is InChI=1S/C25H39NO4S/c1-2-3-4-5-6-7-8-9-10-11-12-15-20-31-21-24(28)30-19-18-26-25(29)22-16-13-14-17-23(22)27/h8-9,13-14,16-17,27H,2-7,10-12,15,18-21H2,1H3,(H,26,29)/b9-8+. The van der Waals surface area contributed by atoms with E-state index < -0.39 is 0 Å². The number of carbonyl (C=O) groups excluding carboxylic acids is 2. The van der Waals surface area contributed by atoms with Crippen LogP contribution in [0, 0.1) is 0 Å². The molecule has 0 spiro atoms. The molecule has 0 aliphatic carbocycles. The molecular formula is C25H39NO4S. The van der Waals surface area contributed by atoms with Crippen molar-refractivity contribution in [1.29, 1.82) is 0 Å². The molecule has 6 heteroatoms. The Morgan fingerprint density at radius 2 is 1.68 bits per heavy atom. The van der Waals surface area contributed by atoms with Crippen molar-refractivity contribution in [1.82, 2.24) is 5.32 Å². The lowest BCUT2D eigenvalue weighted by molar-refractivity contribution is -0.140. The topological polar surface area (TPSA) is 75.6 Å². The summed E-state index contributed by atoms with van der Waals surface area (Å²) in [6, 6.07) is 6.33. The number of carbonyl (C=O) groups is 2. The Labute approximate surface area is 192 Å². The molecule has 5 nitrogen and oxygen atoms in total. The predicted octanol–water partition coefficient (Wildman–Crippen LogP) is 5.88. The molecule has 1 amide bonds. The third-order valence-electron chi connectivity index (χ3n) is 4.82. The average molecular weight is 450 g/mol. The maximum atomic E-state index is 11.9. The second kappa shape index (κ2) is 18.8. The maximum Gasteiger partial charge on any atom is 0.315 e. The number of allylic oxidation sites excluding steroid dienone is 2. The van der Waals surface area contributed by atoms with Gasteiger partial charge in [0.15, 0.2) is 0 Å². The highest BCUT2D eigenvalue weighted by Gasteiger charge is 2.09. The van der Waals surface area contributed by atoms with Gasteiger partial charge in [0.05, 0.1) is 17.9 Å². The molecule has 0 atom stereocenters. The van der Waals surface area contributed by atoms with Crippen molar-refractivity contribution >= 4 is 23.6 Å². The Kier molecular flexibility index (Phi) is 16.4. The molecule has 1 rings (SSSR count). The highest BCUT2D eigenvalue weighted by atomic mass is 32.2. The van der Waals surface area contributed by atoms with Crippen molar-refractivity contribution in [3.05, 3.63) is 42.0 Å². The van der Waals surface area contributed by atoms with Crippen molar-refractivity contribution in [3.8, 4) is 5.75 Å². The summed E-state index contributed by atoms with van der Waals surface area (Å²) in [5.41, 5.74) is 0.210. The number of thioether (sulfide) groups is 1. The van der Waals surface area contributed by atoms with Crippen LogP contribution in [0.15, 0.2) is 36.4 Å². The second-order valence-corrected chi connectivity index (χ2v) is 8.67. The van der Waals surface area contributed by atoms with E-state index in [1.807, 2.05) is 0 Å². The summed E-state index contributed by atoms with van der Waals surface area (Å²) in [5, 5.41) is 12.3. The number of phenolic OH excluding ortho intramolecular Hbond substituents is 1. The van der Waals surface area contributed by atoms with Gasteiger partial charge in [0, 0.05) is 0 Å². The lowest BCUT2D eigenvalue weighted by Gasteiger charge is -2.08. The number of aromatic hydroxyl groups is 1. The van der Waals surface area contributed by atoms with Crippen LogP contribution in [-0.2, 0) is 9.53 Å². The van der Waals surface area contributed by atoms with E-state index in [9.17, 15) is 14.7 Å². The van der Waals surface area contributed by atoms with Crippen LogP contribution >= 0.6 is 11.8 Å². The van der Waals surface area contributed by atoms with Crippen LogP contribution in [0.25, 0.3) is 0 Å². The zero-order chi connectivity index (χ0) is 22.6. The smallest absolute Gasteiger partial charge is 0.315 e. The Hall–Kier alpha value is -1.95. The third kappa shape index (κ3) is 14.6. The number of phenols is 1. The fraction of sp³-hybridized carbons (Fsp3) is 0.600. The van der Waals surface area contributed by atoms with Gasteiger partial charge in [0.1, 0.15) is 12.4 Å². The van der Waals surface area contributed by atoms with Crippen LogP contribution in [0.3, 0.4) is 0 Å². The van der Waals surface area contributed by atoms with E-state index in [1.165, 1.54) is 57.4 Å². The zero-order valence-corrected chi connectivity index (χ0v) is 19.8. The number of unbranched alkanes of at least 4 members (excludes halogenated alkanes) is 8. The summed E-state index contributed by atoms with van der Waals surface area (Å²) in [7, 11) is 0. The van der Waals surface area contributed by atoms with Crippen LogP contribution in [0.2, 0.25) is 0 Å². The fourth-order valence-corrected chi connectivity index (χ4v) is 3.83. The molecule has 0 unspecified atom stereocenters. The van der Waals surface area contributed by atoms with E-state index in [0.29, 0.717) is 5.75 Å². The molecule has 0 aliphatic rings. The molecule has 0 bridgehead atoms. The van der Waals surface area contributed by atoms with Crippen LogP contribution < -0.4 is 5.32 Å². The highest BCUT2D eigenvalue weighted by molar-refractivity contribution is 7.99. The van der Waals surface area contributed by atoms with Crippen LogP contribution in [0.1, 0.15) is 81.5 Å². The summed E-state index contributed by atoms with van der Waals surface area (Å²) >= 11 is 1.59. The number of hydrogen-bond acceptors (Lipinski definition) is 5. The molecular weight excluding hydrogens is 410 g/mol. The molecule has 174 valence electrons. The molecule has 2 N–H and O–H groups in total. The minimum atomic E-state index is -0.384. The van der Waals surface area contributed by atoms with E-state index in [1.54, 1.807) is 30.0 Å². The molecule has 0 aromatic heterocycles. The fourth-order valence-electron chi connectivity index (χ4n) is 3.03. The number of hydrogen-bond donors (Lipinski definition) is 2. The molecule has 1 aromatic carbocycles. The van der Waals surface area contributed by atoms with Gasteiger partial charge < -0.3 is 15.2 Å². The largest absolute Gasteiger partial charge is 0.507 e. The monoisotopic (exact) mass is 449 g/mol. The Morgan fingerprint density at radius 1 is 1.00 bits per heavy atom. The van der Waals surface area contributed by atoms with Crippen molar-refractivity contribution in [3.63, 3.8) is 0 Å². The van der Waals surface area contributed by atoms with Gasteiger partial charge in [-0.05, 0) is 50.0 Å². The van der Waals surface area contributed by atoms with E-state index in [0.717, 1.165) is 18.6 Å². The molecule has 0 fully saturated rings. The van der Waals surface area contributed by atoms with Gasteiger partial charge in [-0.15, -0.1) is 0 Å². The molecule has 0 heterocycles. The van der Waals surface area contributed by atoms with Gasteiger partial charge in [-0.1, -0.05) is 63.3 Å². The van der Waals surface area contributed by atoms with E-state index >= 15 is 0 Å². The summed E-state index contributed by atoms with van der Waals surface area (Å²) in [5.74, 6) is 0.585. The first kappa shape index (κ1) is 27.1. The Morgan fingerprint density at radius 3 is 2.39 bits per heavy atom. The second-order valence-electron chi connectivity index (χ2n) is 7.57. The predicted molar refractivity (Wildman–Crippen MR) is 130 cm³/mol. The van der Waals surface area contributed by atoms with Crippen molar-refractivity contribution < 1.29 is 19.4 Å². The molecule has 0 saturated heterocycles. The summed E-state index contributed by atoms with van der Waals surface area (Å²) in [4.78, 5) is 23.6. The number of ether oxygens (including phenoxy) is 1. The number of para-hydroxylation sites is 1. The number of esters is 1. The molecule has 31 heavy (non-hydrogen) atoms. The van der Waals surface area contributed by atoms with Crippen molar-refractivity contribution in [2.45, 2.75) is 71.1 Å². The number of benzene rings is 1. The van der Waals surface area contributed by atoms with Gasteiger partial charge in [-0.2, -0.15) is 11.8 Å². The minimum absolute atomic E-state index is 0.0674. The quantitative estimate of drug-likeness (QED) is 0.166. The van der Waals surface area contributed by atoms with Gasteiger partial charge in [0.2, 0.25) is 0 Å². The minimum Gasteiger partial charge on any atom is -0.507 e. The summed E-state index contributed by atoms with van der Waals surface area (Å²) in [6.45, 7) is 2.59. The van der Waals surface area contributed by atoms with Crippen molar-refractivity contribution in [2.24, 2.45) is 0 Å². The normalized spacial score (nSPS) is 11.0. The molecule has 0 saturated carbocycles. The lowest BCUT2D eigenvalue weighted by atomic mass is 10.1. The first-order valence-corrected chi connectivity index (χ1v) is 12.7. The Balaban J connectivity index is 1.89. The third-order valence-corrected chi connectivity index (χ3v) is 5.84. The SMILES string of the molecule is CCCCCCC/C=C/CCCCCSCC(=O)OCCNC(=O)c1ccccc1O. The Bertz CT molecular complexity index is 648. The van der Waals surface area contributed by atoms with Crippen LogP contribution in [-0.4, -0.2) is 41.6 Å². The van der Waals surface area contributed by atoms with Gasteiger partial charge >= 0.3 is 5.97 Å². The van der Waals surface area contributed by atoms with Gasteiger partial charge in [-0.3, -0.25) is 9.59 Å². The van der Waals surface area contributed by atoms with E-state index in [4.69, 9.17) is 4.74 Å². The van der Waals surface area contributed by atoms with Gasteiger partial charge in [0.25, 0.3) is 5.91 Å². The number of rotatable bonds is 18. The summed E-state index contributed by atoms with van der Waals surface area (Å²) < 4.78 is 5.13. The maximum absolute atomic E-state index is 11.9. The van der Waals surface area contributed by atoms with E-state index in [-0.39, 0.29) is 36.3 Å². The molecule has 0 aliphatic heterocycles. The first-order valence-electron chi connectivity index (χ1n) is 11.6. The van der Waals surface area contributed by atoms with Crippen molar-refractivity contribution in [2.75, 3.05) is 24.7 Å². The first-order chi connectivity index (χ1) is 15.1. The van der Waals surface area contributed by atoms with E-state index in [2.05, 4.69) is 24.4 Å². The van der Waals surface area contributed by atoms with Crippen LogP contribution in [0.5, 0.6) is 5.75 Å². The highest BCUT2D eigenvalue weighted by Crippen LogP contribution is 2.15. The van der Waals surface area contributed by atoms with Gasteiger partial charge in [-0.25, -0.2) is 0 Å². The number of amides is 1. The average Bonchev–Trinajstić information content (AvgIpc) is 2.77. The molecule has 1 aromatic rings. The lowest BCUT2D eigenvalue weighted by Crippen LogP contribution is -2.28. The zero-order valence-electron chi connectivity index (χ0n) is 18.9.